The molecule has 23 heavy (non-hydrogen) atoms. The second-order valence-corrected chi connectivity index (χ2v) is 6.01. The molecule has 0 aliphatic heterocycles. The van der Waals surface area contributed by atoms with Gasteiger partial charge in [0.1, 0.15) is 6.61 Å². The van der Waals surface area contributed by atoms with Gasteiger partial charge in [-0.15, -0.1) is 0 Å². The summed E-state index contributed by atoms with van der Waals surface area (Å²) in [5.74, 6) is -0.283. The van der Waals surface area contributed by atoms with E-state index >= 15 is 0 Å². The van der Waals surface area contributed by atoms with Gasteiger partial charge in [-0.2, -0.15) is 13.2 Å². The molecule has 0 radical (unpaired) electrons. The highest BCUT2D eigenvalue weighted by Crippen LogP contribution is 2.16. The number of alkyl halides is 3. The summed E-state index contributed by atoms with van der Waals surface area (Å²) in [5, 5.41) is 2.75. The van der Waals surface area contributed by atoms with Crippen LogP contribution < -0.4 is 5.32 Å². The number of halogens is 4. The molecule has 2 rings (SSSR count). The van der Waals surface area contributed by atoms with Gasteiger partial charge >= 0.3 is 6.18 Å². The fourth-order valence-corrected chi connectivity index (χ4v) is 2.13. The molecule has 122 valence electrons. The molecule has 2 aromatic carbocycles. The Labute approximate surface area is 145 Å². The van der Waals surface area contributed by atoms with Crippen LogP contribution in [0.2, 0.25) is 0 Å². The highest BCUT2D eigenvalue weighted by atomic mass is 127. The van der Waals surface area contributed by atoms with E-state index in [1.54, 1.807) is 36.4 Å². The van der Waals surface area contributed by atoms with Crippen LogP contribution in [-0.4, -0.2) is 18.7 Å². The van der Waals surface area contributed by atoms with Crippen molar-refractivity contribution in [1.82, 2.24) is 0 Å². The summed E-state index contributed by atoms with van der Waals surface area (Å²) >= 11 is 2.17. The topological polar surface area (TPSA) is 38.3 Å². The monoisotopic (exact) mass is 435 g/mol. The van der Waals surface area contributed by atoms with E-state index in [2.05, 4.69) is 32.6 Å². The second-order valence-electron chi connectivity index (χ2n) is 4.77. The maximum Gasteiger partial charge on any atom is 0.411 e. The van der Waals surface area contributed by atoms with Gasteiger partial charge in [-0.3, -0.25) is 4.79 Å². The number of nitrogens with one attached hydrogen (secondary N) is 1. The van der Waals surface area contributed by atoms with Crippen molar-refractivity contribution in [2.45, 2.75) is 12.8 Å². The second kappa shape index (κ2) is 7.78. The molecule has 2 aromatic rings. The molecule has 1 N–H and O–H groups in total. The Hall–Kier alpha value is -1.61. The number of hydrogen-bond acceptors (Lipinski definition) is 2. The molecular weight excluding hydrogens is 422 g/mol. The van der Waals surface area contributed by atoms with Crippen LogP contribution in [0.4, 0.5) is 18.9 Å². The molecule has 0 saturated carbocycles. The summed E-state index contributed by atoms with van der Waals surface area (Å²) in [6.45, 7) is -1.44. The third-order valence-electron chi connectivity index (χ3n) is 2.85. The molecule has 0 fully saturated rings. The normalized spacial score (nSPS) is 11.3. The Morgan fingerprint density at radius 3 is 2.22 bits per heavy atom. The molecule has 0 heterocycles. The Bertz CT molecular complexity index is 655. The fraction of sp³-hybridized carbons (Fsp3) is 0.188. The first-order valence-electron chi connectivity index (χ1n) is 6.64. The molecule has 0 saturated heterocycles. The van der Waals surface area contributed by atoms with Crippen molar-refractivity contribution >= 4 is 34.2 Å². The molecule has 0 spiro atoms. The van der Waals surface area contributed by atoms with E-state index in [0.29, 0.717) is 16.8 Å². The summed E-state index contributed by atoms with van der Waals surface area (Å²) in [6, 6.07) is 13.6. The van der Waals surface area contributed by atoms with Crippen molar-refractivity contribution in [3.05, 3.63) is 63.2 Å². The number of rotatable bonds is 5. The fourth-order valence-electron chi connectivity index (χ4n) is 1.77. The maximum absolute atomic E-state index is 12.1. The summed E-state index contributed by atoms with van der Waals surface area (Å²) in [5.41, 5.74) is 1.66. The Kier molecular flexibility index (Phi) is 6.00. The van der Waals surface area contributed by atoms with Gasteiger partial charge in [0.05, 0.1) is 6.61 Å². The van der Waals surface area contributed by atoms with Gasteiger partial charge in [-0.1, -0.05) is 12.1 Å². The molecule has 0 unspecified atom stereocenters. The summed E-state index contributed by atoms with van der Waals surface area (Å²) < 4.78 is 41.6. The van der Waals surface area contributed by atoms with E-state index in [1.807, 2.05) is 12.1 Å². The zero-order valence-electron chi connectivity index (χ0n) is 11.9. The summed E-state index contributed by atoms with van der Waals surface area (Å²) in [4.78, 5) is 12.1. The van der Waals surface area contributed by atoms with Gasteiger partial charge in [-0.05, 0) is 64.6 Å². The van der Waals surface area contributed by atoms with Gasteiger partial charge < -0.3 is 10.1 Å². The van der Waals surface area contributed by atoms with Gasteiger partial charge in [0.15, 0.2) is 0 Å². The first kappa shape index (κ1) is 17.7. The number of carbonyl (C=O) groups is 1. The first-order chi connectivity index (χ1) is 10.8. The van der Waals surface area contributed by atoms with E-state index in [9.17, 15) is 18.0 Å². The minimum Gasteiger partial charge on any atom is -0.367 e. The van der Waals surface area contributed by atoms with Crippen molar-refractivity contribution < 1.29 is 22.7 Å². The number of ether oxygens (including phenoxy) is 1. The quantitative estimate of drug-likeness (QED) is 0.697. The van der Waals surface area contributed by atoms with Crippen LogP contribution in [0, 0.1) is 3.57 Å². The molecule has 3 nitrogen and oxygen atoms in total. The number of hydrogen-bond donors (Lipinski definition) is 1. The molecule has 0 bridgehead atoms. The number of benzene rings is 2. The zero-order chi connectivity index (χ0) is 16.9. The van der Waals surface area contributed by atoms with Crippen molar-refractivity contribution in [3.8, 4) is 0 Å². The van der Waals surface area contributed by atoms with Crippen LogP contribution in [0.3, 0.4) is 0 Å². The van der Waals surface area contributed by atoms with E-state index in [1.165, 1.54) is 0 Å². The van der Waals surface area contributed by atoms with Gasteiger partial charge in [-0.25, -0.2) is 0 Å². The van der Waals surface area contributed by atoms with Gasteiger partial charge in [0.25, 0.3) is 5.91 Å². The minimum atomic E-state index is -4.34. The maximum atomic E-state index is 12.1. The molecule has 0 aliphatic rings. The van der Waals surface area contributed by atoms with E-state index in [0.717, 1.165) is 3.57 Å². The molecule has 7 heteroatoms. The van der Waals surface area contributed by atoms with Crippen LogP contribution in [0.5, 0.6) is 0 Å². The van der Waals surface area contributed by atoms with E-state index in [-0.39, 0.29) is 12.5 Å². The Balaban J connectivity index is 1.91. The predicted molar refractivity (Wildman–Crippen MR) is 89.3 cm³/mol. The van der Waals surface area contributed by atoms with E-state index in [4.69, 9.17) is 0 Å². The standard InChI is InChI=1S/C16H13F3INO2/c17-16(18,19)10-23-9-11-1-3-12(4-2-11)15(22)21-14-7-5-13(20)6-8-14/h1-8H,9-10H2,(H,21,22). The first-order valence-corrected chi connectivity index (χ1v) is 7.72. The lowest BCUT2D eigenvalue weighted by molar-refractivity contribution is -0.176. The Morgan fingerprint density at radius 1 is 1.04 bits per heavy atom. The largest absolute Gasteiger partial charge is 0.411 e. The van der Waals surface area contributed by atoms with Crippen LogP contribution in [-0.2, 0) is 11.3 Å². The van der Waals surface area contributed by atoms with Crippen LogP contribution >= 0.6 is 22.6 Å². The molecule has 0 aromatic heterocycles. The lowest BCUT2D eigenvalue weighted by atomic mass is 10.1. The number of amides is 1. The third kappa shape index (κ3) is 6.19. The smallest absolute Gasteiger partial charge is 0.367 e. The predicted octanol–water partition coefficient (Wildman–Crippen LogP) is 4.62. The average molecular weight is 435 g/mol. The molecule has 0 aliphatic carbocycles. The van der Waals surface area contributed by atoms with Crippen molar-refractivity contribution in [1.29, 1.82) is 0 Å². The zero-order valence-corrected chi connectivity index (χ0v) is 14.0. The van der Waals surface area contributed by atoms with Crippen molar-refractivity contribution in [3.63, 3.8) is 0 Å². The van der Waals surface area contributed by atoms with Gasteiger partial charge in [0.2, 0.25) is 0 Å². The minimum absolute atomic E-state index is 0.154. The lowest BCUT2D eigenvalue weighted by Crippen LogP contribution is -2.16. The number of carbonyl (C=O) groups excluding carboxylic acids is 1. The van der Waals surface area contributed by atoms with Crippen LogP contribution in [0.25, 0.3) is 0 Å². The van der Waals surface area contributed by atoms with Crippen LogP contribution in [0.1, 0.15) is 15.9 Å². The average Bonchev–Trinajstić information content (AvgIpc) is 2.49. The highest BCUT2D eigenvalue weighted by Gasteiger charge is 2.27. The highest BCUT2D eigenvalue weighted by molar-refractivity contribution is 14.1. The van der Waals surface area contributed by atoms with E-state index < -0.39 is 12.8 Å². The summed E-state index contributed by atoms with van der Waals surface area (Å²) in [6.07, 6.45) is -4.34. The lowest BCUT2D eigenvalue weighted by Gasteiger charge is -2.08. The molecular formula is C16H13F3INO2. The third-order valence-corrected chi connectivity index (χ3v) is 3.57. The SMILES string of the molecule is O=C(Nc1ccc(I)cc1)c1ccc(COCC(F)(F)F)cc1. The van der Waals surface area contributed by atoms with Gasteiger partial charge in [0, 0.05) is 14.8 Å². The summed E-state index contributed by atoms with van der Waals surface area (Å²) in [7, 11) is 0. The van der Waals surface area contributed by atoms with Crippen LogP contribution in [0.15, 0.2) is 48.5 Å². The number of anilines is 1. The Morgan fingerprint density at radius 2 is 1.65 bits per heavy atom. The van der Waals surface area contributed by atoms with Crippen molar-refractivity contribution in [2.75, 3.05) is 11.9 Å². The molecule has 0 atom stereocenters. The molecule has 1 amide bonds. The van der Waals surface area contributed by atoms with Crippen molar-refractivity contribution in [2.24, 2.45) is 0 Å².